The molecular formula is C27H30N6O. The molecule has 174 valence electrons. The summed E-state index contributed by atoms with van der Waals surface area (Å²) in [5.74, 6) is 0. The van der Waals surface area contributed by atoms with E-state index in [2.05, 4.69) is 91.5 Å². The molecule has 4 heterocycles. The van der Waals surface area contributed by atoms with Gasteiger partial charge in [0.05, 0.1) is 18.9 Å². The lowest BCUT2D eigenvalue weighted by Crippen LogP contribution is -2.44. The van der Waals surface area contributed by atoms with Crippen molar-refractivity contribution in [3.05, 3.63) is 60.8 Å². The molecule has 0 unspecified atom stereocenters. The third-order valence-electron chi connectivity index (χ3n) is 7.01. The Morgan fingerprint density at radius 3 is 2.03 bits per heavy atom. The fourth-order valence-corrected chi connectivity index (χ4v) is 4.87. The van der Waals surface area contributed by atoms with Crippen LogP contribution in [0.5, 0.6) is 0 Å². The first-order chi connectivity index (χ1) is 16.7. The highest BCUT2D eigenvalue weighted by Crippen LogP contribution is 2.31. The standard InChI is InChI=1S/C27H30N6O/c1-31-10-12-32(13-11-31)23-6-2-20(3-7-23)22-18-25-26(29-30-27(25)28-19-22)21-4-8-24(9-5-21)33-14-16-34-17-15-33/h2-9,18-19H,10-17H2,1H3,(H,28,29,30). The fraction of sp³-hybridized carbons (Fsp3) is 0.333. The first-order valence-electron chi connectivity index (χ1n) is 12.1. The molecule has 1 N–H and O–H groups in total. The van der Waals surface area contributed by atoms with Crippen LogP contribution in [-0.2, 0) is 4.74 Å². The van der Waals surface area contributed by atoms with E-state index in [0.29, 0.717) is 0 Å². The number of hydrogen-bond acceptors (Lipinski definition) is 6. The zero-order valence-electron chi connectivity index (χ0n) is 19.6. The highest BCUT2D eigenvalue weighted by atomic mass is 16.5. The van der Waals surface area contributed by atoms with Gasteiger partial charge in [0.1, 0.15) is 0 Å². The van der Waals surface area contributed by atoms with E-state index in [1.165, 1.54) is 16.9 Å². The second-order valence-electron chi connectivity index (χ2n) is 9.18. The third-order valence-corrected chi connectivity index (χ3v) is 7.01. The van der Waals surface area contributed by atoms with Gasteiger partial charge in [0, 0.05) is 73.4 Å². The lowest BCUT2D eigenvalue weighted by atomic mass is 10.0. The Kier molecular flexibility index (Phi) is 5.65. The largest absolute Gasteiger partial charge is 0.378 e. The maximum atomic E-state index is 5.47. The summed E-state index contributed by atoms with van der Waals surface area (Å²) in [6.45, 7) is 7.83. The zero-order chi connectivity index (χ0) is 22.9. The third kappa shape index (κ3) is 4.13. The number of benzene rings is 2. The molecule has 0 amide bonds. The van der Waals surface area contributed by atoms with Gasteiger partial charge in [-0.15, -0.1) is 0 Å². The molecule has 4 aromatic rings. The number of aromatic nitrogens is 3. The highest BCUT2D eigenvalue weighted by molar-refractivity contribution is 5.93. The number of ether oxygens (including phenoxy) is 1. The second kappa shape index (κ2) is 9.08. The van der Waals surface area contributed by atoms with Crippen molar-refractivity contribution in [1.82, 2.24) is 20.1 Å². The average Bonchev–Trinajstić information content (AvgIpc) is 3.33. The van der Waals surface area contributed by atoms with Crippen LogP contribution in [-0.4, -0.2) is 79.6 Å². The van der Waals surface area contributed by atoms with Crippen molar-refractivity contribution in [2.75, 3.05) is 69.3 Å². The minimum atomic E-state index is 0.741. The van der Waals surface area contributed by atoms with Crippen molar-refractivity contribution >= 4 is 22.4 Å². The molecule has 2 aliphatic rings. The Balaban J connectivity index is 1.25. The van der Waals surface area contributed by atoms with E-state index >= 15 is 0 Å². The van der Waals surface area contributed by atoms with Crippen LogP contribution in [0, 0.1) is 0 Å². The van der Waals surface area contributed by atoms with Crippen molar-refractivity contribution < 1.29 is 4.74 Å². The van der Waals surface area contributed by atoms with Gasteiger partial charge in [-0.05, 0) is 42.9 Å². The first-order valence-corrected chi connectivity index (χ1v) is 12.1. The van der Waals surface area contributed by atoms with Crippen molar-refractivity contribution in [2.24, 2.45) is 0 Å². The number of rotatable bonds is 4. The number of anilines is 2. The van der Waals surface area contributed by atoms with Gasteiger partial charge < -0.3 is 19.4 Å². The summed E-state index contributed by atoms with van der Waals surface area (Å²) in [6.07, 6.45) is 1.92. The maximum absolute atomic E-state index is 5.47. The van der Waals surface area contributed by atoms with Crippen molar-refractivity contribution in [3.8, 4) is 22.4 Å². The molecule has 2 aliphatic heterocycles. The lowest BCUT2D eigenvalue weighted by molar-refractivity contribution is 0.122. The van der Waals surface area contributed by atoms with Crippen LogP contribution in [0.15, 0.2) is 60.8 Å². The quantitative estimate of drug-likeness (QED) is 0.505. The summed E-state index contributed by atoms with van der Waals surface area (Å²) >= 11 is 0. The Hall–Kier alpha value is -3.42. The predicted molar refractivity (Wildman–Crippen MR) is 138 cm³/mol. The van der Waals surface area contributed by atoms with E-state index in [1.54, 1.807) is 0 Å². The molecule has 34 heavy (non-hydrogen) atoms. The summed E-state index contributed by atoms with van der Waals surface area (Å²) < 4.78 is 5.47. The molecule has 0 spiro atoms. The Bertz CT molecular complexity index is 1250. The molecule has 7 heteroatoms. The van der Waals surface area contributed by atoms with Gasteiger partial charge in [0.15, 0.2) is 5.65 Å². The van der Waals surface area contributed by atoms with Gasteiger partial charge in [-0.1, -0.05) is 24.3 Å². The summed E-state index contributed by atoms with van der Waals surface area (Å²) in [5, 5.41) is 8.70. The molecule has 6 rings (SSSR count). The molecule has 2 aromatic carbocycles. The van der Waals surface area contributed by atoms with Crippen LogP contribution in [0.2, 0.25) is 0 Å². The molecule has 0 aliphatic carbocycles. The number of aromatic amines is 1. The Morgan fingerprint density at radius 1 is 0.735 bits per heavy atom. The Labute approximate surface area is 200 Å². The van der Waals surface area contributed by atoms with Crippen LogP contribution in [0.3, 0.4) is 0 Å². The number of piperazine rings is 1. The van der Waals surface area contributed by atoms with E-state index in [9.17, 15) is 0 Å². The number of nitrogens with one attached hydrogen (secondary N) is 1. The van der Waals surface area contributed by atoms with Crippen molar-refractivity contribution in [1.29, 1.82) is 0 Å². The summed E-state index contributed by atoms with van der Waals surface area (Å²) in [4.78, 5) is 11.8. The van der Waals surface area contributed by atoms with Gasteiger partial charge in [-0.2, -0.15) is 5.10 Å². The van der Waals surface area contributed by atoms with E-state index in [1.807, 2.05) is 6.20 Å². The van der Waals surface area contributed by atoms with E-state index in [-0.39, 0.29) is 0 Å². The summed E-state index contributed by atoms with van der Waals surface area (Å²) in [5.41, 5.74) is 7.65. The number of nitrogens with zero attached hydrogens (tertiary/aromatic N) is 5. The van der Waals surface area contributed by atoms with Crippen molar-refractivity contribution in [3.63, 3.8) is 0 Å². The van der Waals surface area contributed by atoms with E-state index < -0.39 is 0 Å². The van der Waals surface area contributed by atoms with Gasteiger partial charge in [-0.25, -0.2) is 4.98 Å². The monoisotopic (exact) mass is 454 g/mol. The van der Waals surface area contributed by atoms with Crippen LogP contribution < -0.4 is 9.80 Å². The first kappa shape index (κ1) is 21.1. The van der Waals surface area contributed by atoms with Crippen molar-refractivity contribution in [2.45, 2.75) is 0 Å². The fourth-order valence-electron chi connectivity index (χ4n) is 4.87. The second-order valence-corrected chi connectivity index (χ2v) is 9.18. The zero-order valence-corrected chi connectivity index (χ0v) is 19.6. The molecule has 7 nitrogen and oxygen atoms in total. The molecule has 0 radical (unpaired) electrons. The van der Waals surface area contributed by atoms with E-state index in [4.69, 9.17) is 4.74 Å². The number of morpholine rings is 1. The normalized spacial score (nSPS) is 17.4. The van der Waals surface area contributed by atoms with Crippen LogP contribution >= 0.6 is 0 Å². The number of likely N-dealkylation sites (N-methyl/N-ethyl adjacent to an activating group) is 1. The smallest absolute Gasteiger partial charge is 0.181 e. The topological polar surface area (TPSA) is 60.5 Å². The summed E-state index contributed by atoms with van der Waals surface area (Å²) in [7, 11) is 2.19. The number of hydrogen-bond donors (Lipinski definition) is 1. The molecule has 0 bridgehead atoms. The Morgan fingerprint density at radius 2 is 1.35 bits per heavy atom. The number of pyridine rings is 1. The summed E-state index contributed by atoms with van der Waals surface area (Å²) in [6, 6.07) is 19.7. The van der Waals surface area contributed by atoms with E-state index in [0.717, 1.165) is 80.3 Å². The average molecular weight is 455 g/mol. The number of fused-ring (bicyclic) bond motifs is 1. The molecule has 0 atom stereocenters. The van der Waals surface area contributed by atoms with Crippen LogP contribution in [0.4, 0.5) is 11.4 Å². The maximum Gasteiger partial charge on any atom is 0.181 e. The molecule has 2 fully saturated rings. The minimum absolute atomic E-state index is 0.741. The molecule has 2 aromatic heterocycles. The predicted octanol–water partition coefficient (Wildman–Crippen LogP) is 3.88. The van der Waals surface area contributed by atoms with Gasteiger partial charge in [0.25, 0.3) is 0 Å². The van der Waals surface area contributed by atoms with Gasteiger partial charge in [-0.3, -0.25) is 5.10 Å². The lowest BCUT2D eigenvalue weighted by Gasteiger charge is -2.34. The highest BCUT2D eigenvalue weighted by Gasteiger charge is 2.16. The van der Waals surface area contributed by atoms with Gasteiger partial charge >= 0.3 is 0 Å². The number of H-pyrrole nitrogens is 1. The molecular weight excluding hydrogens is 424 g/mol. The minimum Gasteiger partial charge on any atom is -0.378 e. The SMILES string of the molecule is CN1CCN(c2ccc(-c3cnc4n[nH]c(-c5ccc(N6CCOCC6)cc5)c4c3)cc2)CC1. The van der Waals surface area contributed by atoms with Crippen LogP contribution in [0.1, 0.15) is 0 Å². The van der Waals surface area contributed by atoms with Crippen LogP contribution in [0.25, 0.3) is 33.4 Å². The molecule has 2 saturated heterocycles. The molecule has 0 saturated carbocycles. The van der Waals surface area contributed by atoms with Gasteiger partial charge in [0.2, 0.25) is 0 Å².